The molecule has 16 heavy (non-hydrogen) atoms. The fraction of sp³-hybridized carbons (Fsp3) is 0.571. The molecule has 1 fully saturated rings. The van der Waals surface area contributed by atoms with Crippen molar-refractivity contribution in [1.82, 2.24) is 0 Å². The van der Waals surface area contributed by atoms with E-state index in [-0.39, 0.29) is 6.10 Å². The highest BCUT2D eigenvalue weighted by atomic mass is 32.2. The van der Waals surface area contributed by atoms with Gasteiger partial charge < -0.3 is 5.11 Å². The van der Waals surface area contributed by atoms with Crippen LogP contribution in [0.5, 0.6) is 0 Å². The van der Waals surface area contributed by atoms with Crippen molar-refractivity contribution in [3.05, 3.63) is 35.9 Å². The van der Waals surface area contributed by atoms with Gasteiger partial charge in [0.05, 0.1) is 6.10 Å². The Balaban J connectivity index is 1.77. The van der Waals surface area contributed by atoms with Gasteiger partial charge >= 0.3 is 0 Å². The molecular formula is C14H20OS. The first-order chi connectivity index (χ1) is 7.84. The van der Waals surface area contributed by atoms with Gasteiger partial charge in [-0.2, -0.15) is 11.8 Å². The van der Waals surface area contributed by atoms with E-state index in [9.17, 15) is 5.11 Å². The molecule has 0 aliphatic carbocycles. The van der Waals surface area contributed by atoms with Crippen molar-refractivity contribution >= 4 is 11.8 Å². The minimum absolute atomic E-state index is 0.157. The van der Waals surface area contributed by atoms with Crippen LogP contribution in [0.4, 0.5) is 0 Å². The van der Waals surface area contributed by atoms with E-state index >= 15 is 0 Å². The topological polar surface area (TPSA) is 20.2 Å². The number of benzene rings is 1. The zero-order valence-corrected chi connectivity index (χ0v) is 10.5. The molecule has 1 saturated heterocycles. The van der Waals surface area contributed by atoms with Crippen molar-refractivity contribution in [2.75, 3.05) is 11.5 Å². The molecule has 1 nitrogen and oxygen atoms in total. The van der Waals surface area contributed by atoms with Crippen molar-refractivity contribution in [3.63, 3.8) is 0 Å². The minimum atomic E-state index is -0.157. The van der Waals surface area contributed by atoms with Crippen LogP contribution in [0, 0.1) is 5.92 Å². The van der Waals surface area contributed by atoms with Crippen molar-refractivity contribution in [2.45, 2.75) is 31.8 Å². The zero-order valence-electron chi connectivity index (χ0n) is 9.64. The molecule has 0 spiro atoms. The largest absolute Gasteiger partial charge is 0.393 e. The molecule has 0 saturated carbocycles. The fourth-order valence-electron chi connectivity index (χ4n) is 2.34. The van der Waals surface area contributed by atoms with E-state index in [2.05, 4.69) is 12.1 Å². The van der Waals surface area contributed by atoms with E-state index in [4.69, 9.17) is 0 Å². The van der Waals surface area contributed by atoms with Gasteiger partial charge in [-0.3, -0.25) is 0 Å². The quantitative estimate of drug-likeness (QED) is 0.866. The summed E-state index contributed by atoms with van der Waals surface area (Å²) in [5.74, 6) is 3.31. The summed E-state index contributed by atoms with van der Waals surface area (Å²) in [5.41, 5.74) is 1.25. The predicted molar refractivity (Wildman–Crippen MR) is 70.8 cm³/mol. The lowest BCUT2D eigenvalue weighted by molar-refractivity contribution is 0.139. The molecule has 1 aromatic rings. The van der Waals surface area contributed by atoms with Gasteiger partial charge in [-0.1, -0.05) is 30.3 Å². The van der Waals surface area contributed by atoms with E-state index in [1.165, 1.54) is 29.9 Å². The fourth-order valence-corrected chi connectivity index (χ4v) is 3.54. The van der Waals surface area contributed by atoms with E-state index < -0.39 is 0 Å². The smallest absolute Gasteiger partial charge is 0.0583 e. The minimum Gasteiger partial charge on any atom is -0.393 e. The van der Waals surface area contributed by atoms with Crippen molar-refractivity contribution in [3.8, 4) is 0 Å². The summed E-state index contributed by atoms with van der Waals surface area (Å²) in [4.78, 5) is 0. The first-order valence-corrected chi connectivity index (χ1v) is 7.30. The standard InChI is InChI=1S/C14H20OS/c15-14(10-12-4-2-1-3-5-12)11-13-6-8-16-9-7-13/h1-5,13-15H,6-11H2. The average Bonchev–Trinajstić information content (AvgIpc) is 2.31. The Hall–Kier alpha value is -0.470. The highest BCUT2D eigenvalue weighted by Gasteiger charge is 2.17. The molecule has 88 valence electrons. The van der Waals surface area contributed by atoms with E-state index in [1.807, 2.05) is 30.0 Å². The molecule has 2 rings (SSSR count). The summed E-state index contributed by atoms with van der Waals surface area (Å²) in [5, 5.41) is 10.0. The van der Waals surface area contributed by atoms with Gasteiger partial charge in [-0.05, 0) is 48.7 Å². The van der Waals surface area contributed by atoms with Crippen LogP contribution in [0.25, 0.3) is 0 Å². The summed E-state index contributed by atoms with van der Waals surface area (Å²) >= 11 is 2.05. The summed E-state index contributed by atoms with van der Waals surface area (Å²) in [6, 6.07) is 10.3. The van der Waals surface area contributed by atoms with Gasteiger partial charge in [-0.15, -0.1) is 0 Å². The molecule has 0 aromatic heterocycles. The molecule has 1 unspecified atom stereocenters. The Morgan fingerprint density at radius 1 is 1.19 bits per heavy atom. The van der Waals surface area contributed by atoms with Crippen molar-refractivity contribution in [2.24, 2.45) is 5.92 Å². The average molecular weight is 236 g/mol. The lowest BCUT2D eigenvalue weighted by Gasteiger charge is -2.23. The molecular weight excluding hydrogens is 216 g/mol. The maximum Gasteiger partial charge on any atom is 0.0583 e. The first-order valence-electron chi connectivity index (χ1n) is 6.14. The highest BCUT2D eigenvalue weighted by molar-refractivity contribution is 7.99. The van der Waals surface area contributed by atoms with Crippen LogP contribution in [0.1, 0.15) is 24.8 Å². The highest BCUT2D eigenvalue weighted by Crippen LogP contribution is 2.26. The predicted octanol–water partition coefficient (Wildman–Crippen LogP) is 3.12. The van der Waals surface area contributed by atoms with Crippen LogP contribution in [0.15, 0.2) is 30.3 Å². The lowest BCUT2D eigenvalue weighted by Crippen LogP contribution is -2.19. The molecule has 1 aliphatic rings. The Morgan fingerprint density at radius 2 is 1.88 bits per heavy atom. The number of hydrogen-bond donors (Lipinski definition) is 1. The third kappa shape index (κ3) is 3.84. The molecule has 0 radical (unpaired) electrons. The lowest BCUT2D eigenvalue weighted by atomic mass is 9.93. The third-order valence-corrected chi connectivity index (χ3v) is 4.31. The summed E-state index contributed by atoms with van der Waals surface area (Å²) in [7, 11) is 0. The summed E-state index contributed by atoms with van der Waals surface area (Å²) in [6.07, 6.45) is 4.21. The summed E-state index contributed by atoms with van der Waals surface area (Å²) < 4.78 is 0. The van der Waals surface area contributed by atoms with Crippen LogP contribution in [-0.4, -0.2) is 22.7 Å². The zero-order chi connectivity index (χ0) is 11.2. The Kier molecular flexibility index (Phi) is 4.73. The number of aliphatic hydroxyl groups excluding tert-OH is 1. The van der Waals surface area contributed by atoms with Crippen LogP contribution in [-0.2, 0) is 6.42 Å². The Bertz CT molecular complexity index is 293. The molecule has 1 atom stereocenters. The Labute approximate surface area is 102 Å². The van der Waals surface area contributed by atoms with Crippen LogP contribution < -0.4 is 0 Å². The molecule has 0 amide bonds. The maximum atomic E-state index is 10.0. The summed E-state index contributed by atoms with van der Waals surface area (Å²) in [6.45, 7) is 0. The molecule has 1 heterocycles. The van der Waals surface area contributed by atoms with E-state index in [0.29, 0.717) is 0 Å². The van der Waals surface area contributed by atoms with Gasteiger partial charge in [0, 0.05) is 0 Å². The molecule has 1 N–H and O–H groups in total. The van der Waals surface area contributed by atoms with Crippen molar-refractivity contribution in [1.29, 1.82) is 0 Å². The van der Waals surface area contributed by atoms with Crippen LogP contribution >= 0.6 is 11.8 Å². The SMILES string of the molecule is OC(Cc1ccccc1)CC1CCSCC1. The van der Waals surface area contributed by atoms with E-state index in [0.717, 1.165) is 18.8 Å². The Morgan fingerprint density at radius 3 is 2.56 bits per heavy atom. The number of aliphatic hydroxyl groups is 1. The van der Waals surface area contributed by atoms with Gasteiger partial charge in [-0.25, -0.2) is 0 Å². The number of rotatable bonds is 4. The van der Waals surface area contributed by atoms with Gasteiger partial charge in [0.1, 0.15) is 0 Å². The number of hydrogen-bond acceptors (Lipinski definition) is 2. The molecule has 2 heteroatoms. The number of thioether (sulfide) groups is 1. The van der Waals surface area contributed by atoms with Crippen LogP contribution in [0.3, 0.4) is 0 Å². The second-order valence-corrected chi connectivity index (χ2v) is 5.86. The maximum absolute atomic E-state index is 10.0. The normalized spacial score (nSPS) is 19.6. The molecule has 0 bridgehead atoms. The second kappa shape index (κ2) is 6.31. The van der Waals surface area contributed by atoms with Crippen molar-refractivity contribution < 1.29 is 5.11 Å². The van der Waals surface area contributed by atoms with Gasteiger partial charge in [0.2, 0.25) is 0 Å². The third-order valence-electron chi connectivity index (χ3n) is 3.26. The van der Waals surface area contributed by atoms with Gasteiger partial charge in [0.25, 0.3) is 0 Å². The second-order valence-electron chi connectivity index (χ2n) is 4.63. The molecule has 1 aliphatic heterocycles. The first kappa shape index (κ1) is 12.0. The molecule has 1 aromatic carbocycles. The van der Waals surface area contributed by atoms with E-state index in [1.54, 1.807) is 0 Å². The van der Waals surface area contributed by atoms with Gasteiger partial charge in [0.15, 0.2) is 0 Å². The monoisotopic (exact) mass is 236 g/mol. The van der Waals surface area contributed by atoms with Crippen LogP contribution in [0.2, 0.25) is 0 Å².